The molecule has 0 saturated heterocycles. The van der Waals surface area contributed by atoms with Crippen LogP contribution in [0.5, 0.6) is 0 Å². The van der Waals surface area contributed by atoms with Crippen molar-refractivity contribution in [3.05, 3.63) is 71.3 Å². The molecule has 0 fully saturated rings. The standard InChI is InChI=1S/C24H21N3O2/c1-3-5-11-22-25-23(27(26-22)16-6-4-2)17-18-12-14-19(15-13-18)20-9-7-8-10-21(20)24(28)29/h7-10,12-15H,11,16-17H2,1-2H3,(H,28,29). The average Bonchev–Trinajstić information content (AvgIpc) is 3.12. The van der Waals surface area contributed by atoms with Gasteiger partial charge in [-0.05, 0) is 36.6 Å². The van der Waals surface area contributed by atoms with E-state index in [0.29, 0.717) is 36.3 Å². The summed E-state index contributed by atoms with van der Waals surface area (Å²) in [6.07, 6.45) is 1.12. The van der Waals surface area contributed by atoms with Crippen molar-refractivity contribution in [1.29, 1.82) is 0 Å². The SMILES string of the molecule is CC#CCc1nc(Cc2ccc(-c3ccccc3C(=O)O)cc2)n(CC#CC)n1. The quantitative estimate of drug-likeness (QED) is 0.657. The molecule has 0 atom stereocenters. The first kappa shape index (κ1) is 19.9. The molecule has 29 heavy (non-hydrogen) atoms. The van der Waals surface area contributed by atoms with Gasteiger partial charge >= 0.3 is 5.97 Å². The molecular weight excluding hydrogens is 362 g/mol. The van der Waals surface area contributed by atoms with Crippen molar-refractivity contribution in [2.24, 2.45) is 0 Å². The van der Waals surface area contributed by atoms with Gasteiger partial charge in [0.1, 0.15) is 12.4 Å². The maximum Gasteiger partial charge on any atom is 0.336 e. The first-order valence-corrected chi connectivity index (χ1v) is 9.25. The Balaban J connectivity index is 1.86. The lowest BCUT2D eigenvalue weighted by Gasteiger charge is -2.08. The highest BCUT2D eigenvalue weighted by molar-refractivity contribution is 5.95. The number of carbonyl (C=O) groups is 1. The zero-order valence-electron chi connectivity index (χ0n) is 16.4. The fraction of sp³-hybridized carbons (Fsp3) is 0.208. The highest BCUT2D eigenvalue weighted by Crippen LogP contribution is 2.24. The van der Waals surface area contributed by atoms with Crippen molar-refractivity contribution in [1.82, 2.24) is 14.8 Å². The minimum Gasteiger partial charge on any atom is -0.478 e. The average molecular weight is 383 g/mol. The molecule has 0 aliphatic heterocycles. The molecule has 0 aliphatic rings. The lowest BCUT2D eigenvalue weighted by atomic mass is 9.98. The van der Waals surface area contributed by atoms with Crippen molar-refractivity contribution in [3.8, 4) is 34.8 Å². The predicted octanol–water partition coefficient (Wildman–Crippen LogP) is 3.82. The van der Waals surface area contributed by atoms with E-state index in [9.17, 15) is 9.90 Å². The summed E-state index contributed by atoms with van der Waals surface area (Å²) in [5.74, 6) is 12.4. The van der Waals surface area contributed by atoms with Crippen molar-refractivity contribution < 1.29 is 9.90 Å². The number of aromatic nitrogens is 3. The molecular formula is C24H21N3O2. The van der Waals surface area contributed by atoms with Crippen molar-refractivity contribution in [2.45, 2.75) is 33.2 Å². The normalized spacial score (nSPS) is 9.86. The van der Waals surface area contributed by atoms with E-state index in [4.69, 9.17) is 0 Å². The van der Waals surface area contributed by atoms with Crippen LogP contribution in [0.15, 0.2) is 48.5 Å². The van der Waals surface area contributed by atoms with Crippen molar-refractivity contribution in [3.63, 3.8) is 0 Å². The first-order valence-electron chi connectivity index (χ1n) is 9.25. The fourth-order valence-electron chi connectivity index (χ4n) is 2.99. The summed E-state index contributed by atoms with van der Waals surface area (Å²) in [5.41, 5.74) is 2.92. The van der Waals surface area contributed by atoms with Gasteiger partial charge in [0.15, 0.2) is 5.82 Å². The molecule has 0 aliphatic carbocycles. The zero-order chi connectivity index (χ0) is 20.6. The molecule has 0 radical (unpaired) electrons. The van der Waals surface area contributed by atoms with E-state index in [1.165, 1.54) is 0 Å². The summed E-state index contributed by atoms with van der Waals surface area (Å²) in [7, 11) is 0. The molecule has 0 unspecified atom stereocenters. The number of carboxylic acids is 1. The van der Waals surface area contributed by atoms with Crippen LogP contribution in [0.1, 0.15) is 41.4 Å². The molecule has 5 heteroatoms. The second kappa shape index (κ2) is 9.39. The van der Waals surface area contributed by atoms with Gasteiger partial charge in [-0.3, -0.25) is 0 Å². The molecule has 3 aromatic rings. The molecule has 144 valence electrons. The molecule has 3 rings (SSSR count). The Kier molecular flexibility index (Phi) is 6.45. The Labute approximate surface area is 170 Å². The number of aromatic carboxylic acids is 1. The van der Waals surface area contributed by atoms with E-state index < -0.39 is 5.97 Å². The van der Waals surface area contributed by atoms with E-state index in [-0.39, 0.29) is 0 Å². The van der Waals surface area contributed by atoms with Gasteiger partial charge < -0.3 is 5.11 Å². The predicted molar refractivity (Wildman–Crippen MR) is 112 cm³/mol. The molecule has 2 aromatic carbocycles. The lowest BCUT2D eigenvalue weighted by Crippen LogP contribution is -2.05. The molecule has 0 bridgehead atoms. The fourth-order valence-corrected chi connectivity index (χ4v) is 2.99. The summed E-state index contributed by atoms with van der Waals surface area (Å²) < 4.78 is 1.82. The minimum absolute atomic E-state index is 0.291. The van der Waals surface area contributed by atoms with Crippen LogP contribution in [0.2, 0.25) is 0 Å². The summed E-state index contributed by atoms with van der Waals surface area (Å²) in [5, 5.41) is 13.9. The topological polar surface area (TPSA) is 68.0 Å². The van der Waals surface area contributed by atoms with E-state index >= 15 is 0 Å². The Morgan fingerprint density at radius 3 is 2.45 bits per heavy atom. The molecule has 1 aromatic heterocycles. The number of rotatable bonds is 6. The van der Waals surface area contributed by atoms with Gasteiger partial charge in [-0.15, -0.1) is 11.8 Å². The highest BCUT2D eigenvalue weighted by Gasteiger charge is 2.12. The van der Waals surface area contributed by atoms with Crippen LogP contribution in [-0.2, 0) is 19.4 Å². The maximum absolute atomic E-state index is 11.5. The maximum atomic E-state index is 11.5. The van der Waals surface area contributed by atoms with Crippen LogP contribution in [0.25, 0.3) is 11.1 Å². The number of hydrogen-bond donors (Lipinski definition) is 1. The van der Waals surface area contributed by atoms with E-state index in [1.54, 1.807) is 26.0 Å². The summed E-state index contributed by atoms with van der Waals surface area (Å²) in [4.78, 5) is 16.1. The third-order valence-electron chi connectivity index (χ3n) is 4.41. The third kappa shape index (κ3) is 4.91. The third-order valence-corrected chi connectivity index (χ3v) is 4.41. The van der Waals surface area contributed by atoms with Gasteiger partial charge in [0.2, 0.25) is 0 Å². The van der Waals surface area contributed by atoms with Gasteiger partial charge in [-0.2, -0.15) is 5.10 Å². The second-order valence-corrected chi connectivity index (χ2v) is 6.36. The van der Waals surface area contributed by atoms with Crippen LogP contribution in [0, 0.1) is 23.7 Å². The van der Waals surface area contributed by atoms with Crippen LogP contribution < -0.4 is 0 Å². The smallest absolute Gasteiger partial charge is 0.336 e. The lowest BCUT2D eigenvalue weighted by molar-refractivity contribution is 0.0697. The van der Waals surface area contributed by atoms with Gasteiger partial charge in [-0.25, -0.2) is 14.5 Å². The van der Waals surface area contributed by atoms with Crippen LogP contribution in [0.3, 0.4) is 0 Å². The Morgan fingerprint density at radius 2 is 1.76 bits per heavy atom. The number of nitrogens with zero attached hydrogens (tertiary/aromatic N) is 3. The summed E-state index contributed by atoms with van der Waals surface area (Å²) >= 11 is 0. The largest absolute Gasteiger partial charge is 0.478 e. The van der Waals surface area contributed by atoms with E-state index in [2.05, 4.69) is 33.8 Å². The molecule has 0 spiro atoms. The number of carboxylic acid groups (broad SMARTS) is 1. The van der Waals surface area contributed by atoms with Crippen LogP contribution in [-0.4, -0.2) is 25.8 Å². The molecule has 1 heterocycles. The van der Waals surface area contributed by atoms with Crippen LogP contribution in [0.4, 0.5) is 0 Å². The first-order chi connectivity index (χ1) is 14.1. The van der Waals surface area contributed by atoms with Gasteiger partial charge in [0.05, 0.1) is 12.0 Å². The van der Waals surface area contributed by atoms with Crippen LogP contribution >= 0.6 is 0 Å². The van der Waals surface area contributed by atoms with Crippen molar-refractivity contribution >= 4 is 5.97 Å². The Hall–Kier alpha value is -3.83. The Bertz CT molecular complexity index is 1140. The monoisotopic (exact) mass is 383 g/mol. The molecule has 0 amide bonds. The zero-order valence-corrected chi connectivity index (χ0v) is 16.4. The van der Waals surface area contributed by atoms with E-state index in [1.807, 2.05) is 41.1 Å². The van der Waals surface area contributed by atoms with Gasteiger partial charge in [0.25, 0.3) is 0 Å². The molecule has 1 N–H and O–H groups in total. The molecule has 0 saturated carbocycles. The summed E-state index contributed by atoms with van der Waals surface area (Å²) in [6, 6.07) is 14.9. The second-order valence-electron chi connectivity index (χ2n) is 6.36. The van der Waals surface area contributed by atoms with E-state index in [0.717, 1.165) is 17.0 Å². The summed E-state index contributed by atoms with van der Waals surface area (Å²) in [6.45, 7) is 4.08. The minimum atomic E-state index is -0.933. The van der Waals surface area contributed by atoms with Gasteiger partial charge in [0, 0.05) is 6.42 Å². The number of hydrogen-bond acceptors (Lipinski definition) is 3. The van der Waals surface area contributed by atoms with Crippen molar-refractivity contribution in [2.75, 3.05) is 0 Å². The van der Waals surface area contributed by atoms with Gasteiger partial charge in [-0.1, -0.05) is 54.3 Å². The highest BCUT2D eigenvalue weighted by atomic mass is 16.4. The Morgan fingerprint density at radius 1 is 1.03 bits per heavy atom. The molecule has 5 nitrogen and oxygen atoms in total. The number of benzene rings is 2.